The van der Waals surface area contributed by atoms with Crippen LogP contribution in [0.1, 0.15) is 65.1 Å². The van der Waals surface area contributed by atoms with Gasteiger partial charge in [0.25, 0.3) is 11.4 Å². The number of hydrogen-bond donors (Lipinski definition) is 1. The summed E-state index contributed by atoms with van der Waals surface area (Å²) in [5.41, 5.74) is -2.10. The molecule has 0 amide bonds. The van der Waals surface area contributed by atoms with Crippen molar-refractivity contribution in [3.8, 4) is 0 Å². The molecule has 1 aromatic heterocycles. The number of rotatable bonds is 13. The van der Waals surface area contributed by atoms with Crippen molar-refractivity contribution in [1.29, 1.82) is 0 Å². The van der Waals surface area contributed by atoms with E-state index < -0.39 is 79.2 Å². The minimum Gasteiger partial charge on any atom is -0.458 e. The van der Waals surface area contributed by atoms with Crippen LogP contribution in [0, 0.1) is 17.8 Å². The van der Waals surface area contributed by atoms with E-state index >= 15 is 0 Å². The summed E-state index contributed by atoms with van der Waals surface area (Å²) in [7, 11) is -4.79. The predicted molar refractivity (Wildman–Crippen MR) is 164 cm³/mol. The van der Waals surface area contributed by atoms with Crippen LogP contribution >= 0.6 is 7.60 Å². The Morgan fingerprint density at radius 3 is 2.02 bits per heavy atom. The van der Waals surface area contributed by atoms with Gasteiger partial charge in [-0.1, -0.05) is 42.5 Å². The molecule has 3 atom stereocenters. The molecule has 1 heterocycles. The van der Waals surface area contributed by atoms with Gasteiger partial charge >= 0.3 is 31.2 Å². The number of aromatic amines is 1. The molecule has 3 rings (SSSR count). The molecule has 0 saturated heterocycles. The van der Waals surface area contributed by atoms with Gasteiger partial charge in [0.1, 0.15) is 6.61 Å². The van der Waals surface area contributed by atoms with Gasteiger partial charge in [0, 0.05) is 18.2 Å². The summed E-state index contributed by atoms with van der Waals surface area (Å²) in [5, 5.41) is 0. The van der Waals surface area contributed by atoms with Gasteiger partial charge < -0.3 is 18.9 Å². The maximum atomic E-state index is 14.3. The fourth-order valence-electron chi connectivity index (χ4n) is 3.92. The molecule has 2 aromatic rings. The number of ether oxygens (including phenoxy) is 4. The Balaban J connectivity index is 1.89. The Hall–Kier alpha value is -3.84. The van der Waals surface area contributed by atoms with Crippen molar-refractivity contribution in [1.82, 2.24) is 9.55 Å². The second-order valence-corrected chi connectivity index (χ2v) is 14.7. The number of nitrogens with zero attached hydrogens (tertiary/aromatic N) is 1. The molecule has 0 spiro atoms. The minimum atomic E-state index is -4.79. The first-order valence-electron chi connectivity index (χ1n) is 14.5. The Bertz CT molecular complexity index is 1550. The molecule has 14 nitrogen and oxygen atoms in total. The zero-order chi connectivity index (χ0) is 34.3. The predicted octanol–water partition coefficient (Wildman–Crippen LogP) is 4.12. The van der Waals surface area contributed by atoms with Crippen LogP contribution < -0.4 is 11.2 Å². The highest BCUT2D eigenvalue weighted by Gasteiger charge is 2.47. The van der Waals surface area contributed by atoms with E-state index in [9.17, 15) is 28.5 Å². The van der Waals surface area contributed by atoms with Crippen LogP contribution in [0.15, 0.2) is 58.3 Å². The Kier molecular flexibility index (Phi) is 12.1. The zero-order valence-electron chi connectivity index (χ0n) is 27.0. The summed E-state index contributed by atoms with van der Waals surface area (Å²) in [6, 6.07) is 8.10. The molecule has 0 fully saturated rings. The van der Waals surface area contributed by atoms with E-state index in [-0.39, 0.29) is 13.0 Å². The third-order valence-electron chi connectivity index (χ3n) is 6.61. The topological polar surface area (TPSA) is 179 Å². The lowest BCUT2D eigenvalue weighted by Gasteiger charge is -2.28. The molecule has 252 valence electrons. The van der Waals surface area contributed by atoms with Crippen molar-refractivity contribution in [2.75, 3.05) is 13.6 Å². The molecule has 0 saturated carbocycles. The molecule has 0 aliphatic heterocycles. The average Bonchev–Trinajstić information content (AvgIpc) is 3.44. The Morgan fingerprint density at radius 2 is 1.48 bits per heavy atom. The number of benzene rings is 1. The highest BCUT2D eigenvalue weighted by atomic mass is 31.2. The molecule has 0 radical (unpaired) electrons. The fourth-order valence-corrected chi connectivity index (χ4v) is 5.31. The van der Waals surface area contributed by atoms with Crippen LogP contribution in [-0.4, -0.2) is 53.0 Å². The Labute approximate surface area is 266 Å². The average molecular weight is 665 g/mol. The molecular formula is C31H41N2O12P. The largest absolute Gasteiger partial charge is 0.458 e. The second kappa shape index (κ2) is 15.2. The highest BCUT2D eigenvalue weighted by molar-refractivity contribution is 7.55. The summed E-state index contributed by atoms with van der Waals surface area (Å²) < 4.78 is 48.1. The van der Waals surface area contributed by atoms with Gasteiger partial charge in [-0.3, -0.25) is 37.5 Å². The number of aryl methyl sites for hydroxylation is 1. The van der Waals surface area contributed by atoms with Crippen LogP contribution in [-0.2, 0) is 53.6 Å². The highest BCUT2D eigenvalue weighted by Crippen LogP contribution is 2.55. The minimum absolute atomic E-state index is 0.0892. The number of allylic oxidation sites excluding steroid dienone is 1. The third kappa shape index (κ3) is 10.1. The summed E-state index contributed by atoms with van der Waals surface area (Å²) >= 11 is 0. The normalized spacial score (nSPS) is 17.4. The van der Waals surface area contributed by atoms with Crippen molar-refractivity contribution >= 4 is 25.5 Å². The molecule has 46 heavy (non-hydrogen) atoms. The number of esters is 3. The van der Waals surface area contributed by atoms with Crippen molar-refractivity contribution in [2.24, 2.45) is 10.8 Å². The van der Waals surface area contributed by atoms with Crippen molar-refractivity contribution in [2.45, 2.75) is 79.5 Å². The lowest BCUT2D eigenvalue weighted by Crippen LogP contribution is -2.35. The van der Waals surface area contributed by atoms with E-state index in [1.165, 1.54) is 10.8 Å². The molecule has 1 aliphatic carbocycles. The lowest BCUT2D eigenvalue weighted by atomic mass is 9.98. The fraction of sp³-hybridized carbons (Fsp3) is 0.516. The van der Waals surface area contributed by atoms with E-state index in [2.05, 4.69) is 4.98 Å². The monoisotopic (exact) mass is 664 g/mol. The number of aromatic nitrogens is 2. The summed E-state index contributed by atoms with van der Waals surface area (Å²) in [5.74, 6) is -4.55. The molecule has 3 unspecified atom stereocenters. The summed E-state index contributed by atoms with van der Waals surface area (Å²) in [4.78, 5) is 64.8. The van der Waals surface area contributed by atoms with Gasteiger partial charge in [0.2, 0.25) is 13.6 Å². The SMILES string of the molecule is Cc1cn(C2C=CC(OC(C(=O)OCc3ccccc3)P(=O)(OCOC(=O)C(C)(C)C)OCOC(=O)C(C)(C)C)C2)c(=O)[nH]c1=O. The third-order valence-corrected chi connectivity index (χ3v) is 8.45. The quantitative estimate of drug-likeness (QED) is 0.107. The maximum Gasteiger partial charge on any atom is 0.376 e. The van der Waals surface area contributed by atoms with Crippen molar-refractivity contribution in [3.63, 3.8) is 0 Å². The standard InChI is InChI=1S/C31H41N2O12P/c1-20-16-33(29(38)32-24(20)34)22-13-14-23(15-22)45-26(25(35)40-17-21-11-9-8-10-12-21)46(39,43-18-41-27(36)30(2,3)4)44-19-42-28(37)31(5,6)7/h8-14,16,22-23,26H,15,17-19H2,1-7H3,(H,32,34,38). The molecule has 15 heteroatoms. The van der Waals surface area contributed by atoms with Gasteiger partial charge in [-0.2, -0.15) is 0 Å². The maximum absolute atomic E-state index is 14.3. The van der Waals surface area contributed by atoms with E-state index in [0.717, 1.165) is 0 Å². The van der Waals surface area contributed by atoms with Gasteiger partial charge in [0.15, 0.2) is 0 Å². The molecule has 0 bridgehead atoms. The number of carbonyl (C=O) groups excluding carboxylic acids is 3. The Morgan fingerprint density at radius 1 is 0.913 bits per heavy atom. The van der Waals surface area contributed by atoms with Gasteiger partial charge in [0.05, 0.1) is 23.0 Å². The summed E-state index contributed by atoms with van der Waals surface area (Å²) in [6.07, 6.45) is 3.73. The van der Waals surface area contributed by atoms with Crippen LogP contribution in [0.25, 0.3) is 0 Å². The molecule has 1 aliphatic rings. The van der Waals surface area contributed by atoms with Gasteiger partial charge in [-0.05, 0) is 54.0 Å². The molecular weight excluding hydrogens is 623 g/mol. The first-order chi connectivity index (χ1) is 21.4. The number of nitrogens with one attached hydrogen (secondary N) is 1. The van der Waals surface area contributed by atoms with E-state index in [1.54, 1.807) is 91.0 Å². The van der Waals surface area contributed by atoms with Crippen molar-refractivity contribution in [3.05, 3.63) is 80.6 Å². The second-order valence-electron chi connectivity index (χ2n) is 12.7. The van der Waals surface area contributed by atoms with Gasteiger partial charge in [-0.15, -0.1) is 0 Å². The van der Waals surface area contributed by atoms with E-state index in [0.29, 0.717) is 11.1 Å². The van der Waals surface area contributed by atoms with E-state index in [1.807, 2.05) is 0 Å². The molecule has 1 N–H and O–H groups in total. The molecule has 1 aromatic carbocycles. The lowest BCUT2D eigenvalue weighted by molar-refractivity contribution is -0.164. The first kappa shape index (κ1) is 36.6. The number of hydrogen-bond acceptors (Lipinski definition) is 12. The zero-order valence-corrected chi connectivity index (χ0v) is 27.9. The van der Waals surface area contributed by atoms with Crippen LogP contribution in [0.5, 0.6) is 0 Å². The smallest absolute Gasteiger partial charge is 0.376 e. The number of carbonyl (C=O) groups is 3. The van der Waals surface area contributed by atoms with Crippen LogP contribution in [0.3, 0.4) is 0 Å². The van der Waals surface area contributed by atoms with Crippen LogP contribution in [0.4, 0.5) is 0 Å². The first-order valence-corrected chi connectivity index (χ1v) is 16.1. The van der Waals surface area contributed by atoms with Crippen molar-refractivity contribution < 1.29 is 46.9 Å². The number of H-pyrrole nitrogens is 1. The van der Waals surface area contributed by atoms with Crippen LogP contribution in [0.2, 0.25) is 0 Å². The van der Waals surface area contributed by atoms with Gasteiger partial charge in [-0.25, -0.2) is 9.59 Å². The summed E-state index contributed by atoms with van der Waals surface area (Å²) in [6.45, 7) is 9.15. The van der Waals surface area contributed by atoms with E-state index in [4.69, 9.17) is 28.0 Å².